The Hall–Kier alpha value is -1.85. The summed E-state index contributed by atoms with van der Waals surface area (Å²) in [5, 5.41) is 7.18. The number of para-hydroxylation sites is 1. The Morgan fingerprint density at radius 1 is 1.25 bits per heavy atom. The van der Waals surface area contributed by atoms with E-state index in [9.17, 15) is 4.79 Å². The predicted molar refractivity (Wildman–Crippen MR) is 79.3 cm³/mol. The first kappa shape index (κ1) is 14.6. The molecule has 3 N–H and O–H groups in total. The molecule has 0 bridgehead atoms. The van der Waals surface area contributed by atoms with Gasteiger partial charge in [0.1, 0.15) is 5.69 Å². The summed E-state index contributed by atoms with van der Waals surface area (Å²) in [6.07, 6.45) is 3.34. The van der Waals surface area contributed by atoms with Gasteiger partial charge in [-0.15, -0.1) is 12.4 Å². The number of amides is 1. The number of benzene rings is 1. The maximum Gasteiger partial charge on any atom is 0.270 e. The average Bonchev–Trinajstić information content (AvgIpc) is 2.87. The Morgan fingerprint density at radius 2 is 1.95 bits per heavy atom. The van der Waals surface area contributed by atoms with Crippen LogP contribution in [0.1, 0.15) is 23.3 Å². The van der Waals surface area contributed by atoms with E-state index < -0.39 is 0 Å². The van der Waals surface area contributed by atoms with Gasteiger partial charge in [-0.2, -0.15) is 5.10 Å². The lowest BCUT2D eigenvalue weighted by Crippen LogP contribution is -2.50. The van der Waals surface area contributed by atoms with E-state index >= 15 is 0 Å². The monoisotopic (exact) mass is 292 g/mol. The van der Waals surface area contributed by atoms with Gasteiger partial charge < -0.3 is 11.1 Å². The number of hydrogen-bond donors (Lipinski definition) is 2. The molecular formula is C14H17ClN4O. The molecule has 0 radical (unpaired) electrons. The van der Waals surface area contributed by atoms with E-state index in [0.29, 0.717) is 5.69 Å². The first-order chi connectivity index (χ1) is 9.24. The van der Waals surface area contributed by atoms with E-state index in [1.807, 2.05) is 30.3 Å². The summed E-state index contributed by atoms with van der Waals surface area (Å²) in [7, 11) is 0. The number of nitrogens with two attached hydrogens (primary N) is 1. The van der Waals surface area contributed by atoms with Crippen molar-refractivity contribution in [3.63, 3.8) is 0 Å². The van der Waals surface area contributed by atoms with Gasteiger partial charge in [-0.25, -0.2) is 4.68 Å². The van der Waals surface area contributed by atoms with Crippen LogP contribution < -0.4 is 11.1 Å². The topological polar surface area (TPSA) is 72.9 Å². The zero-order chi connectivity index (χ0) is 13.2. The van der Waals surface area contributed by atoms with Crippen LogP contribution in [0.3, 0.4) is 0 Å². The second-order valence-corrected chi connectivity index (χ2v) is 4.87. The molecule has 0 aliphatic heterocycles. The van der Waals surface area contributed by atoms with Gasteiger partial charge in [0, 0.05) is 12.1 Å². The van der Waals surface area contributed by atoms with Crippen LogP contribution in [0.4, 0.5) is 0 Å². The van der Waals surface area contributed by atoms with Crippen LogP contribution in [0.5, 0.6) is 0 Å². The largest absolute Gasteiger partial charge is 0.348 e. The lowest BCUT2D eigenvalue weighted by atomic mass is 9.87. The molecule has 106 valence electrons. The molecule has 1 aromatic carbocycles. The molecular weight excluding hydrogens is 276 g/mol. The molecule has 0 spiro atoms. The Labute approximate surface area is 123 Å². The van der Waals surface area contributed by atoms with Crippen molar-refractivity contribution in [3.05, 3.63) is 48.3 Å². The highest BCUT2D eigenvalue weighted by Crippen LogP contribution is 2.18. The molecule has 6 heteroatoms. The molecule has 0 unspecified atom stereocenters. The first-order valence-electron chi connectivity index (χ1n) is 6.40. The van der Waals surface area contributed by atoms with Crippen molar-refractivity contribution >= 4 is 18.3 Å². The standard InChI is InChI=1S/C14H16N4O.ClH/c15-10-8-11(9-10)17-14(19)13-6-7-16-18(13)12-4-2-1-3-5-12;/h1-7,10-11H,8-9,15H2,(H,17,19);1H. The van der Waals surface area contributed by atoms with Crippen molar-refractivity contribution in [2.45, 2.75) is 24.9 Å². The summed E-state index contributed by atoms with van der Waals surface area (Å²) >= 11 is 0. The highest BCUT2D eigenvalue weighted by atomic mass is 35.5. The number of nitrogens with zero attached hydrogens (tertiary/aromatic N) is 2. The number of carbonyl (C=O) groups excluding carboxylic acids is 1. The number of rotatable bonds is 3. The van der Waals surface area contributed by atoms with Crippen LogP contribution in [-0.4, -0.2) is 27.8 Å². The maximum absolute atomic E-state index is 12.2. The molecule has 1 fully saturated rings. The lowest BCUT2D eigenvalue weighted by molar-refractivity contribution is 0.0902. The zero-order valence-corrected chi connectivity index (χ0v) is 11.7. The van der Waals surface area contributed by atoms with E-state index in [4.69, 9.17) is 5.73 Å². The Bertz CT molecular complexity index is 578. The summed E-state index contributed by atoms with van der Waals surface area (Å²) in [5.74, 6) is -0.0988. The number of carbonyl (C=O) groups is 1. The molecule has 2 aromatic rings. The molecule has 20 heavy (non-hydrogen) atoms. The SMILES string of the molecule is Cl.NC1CC(NC(=O)c2ccnn2-c2ccccc2)C1. The van der Waals surface area contributed by atoms with E-state index in [1.54, 1.807) is 16.9 Å². The smallest absolute Gasteiger partial charge is 0.270 e. The second kappa shape index (κ2) is 6.07. The summed E-state index contributed by atoms with van der Waals surface area (Å²) in [4.78, 5) is 12.2. The summed E-state index contributed by atoms with van der Waals surface area (Å²) in [6.45, 7) is 0. The fraction of sp³-hybridized carbons (Fsp3) is 0.286. The molecule has 5 nitrogen and oxygen atoms in total. The van der Waals surface area contributed by atoms with Crippen molar-refractivity contribution in [1.82, 2.24) is 15.1 Å². The third kappa shape index (κ3) is 2.84. The third-order valence-corrected chi connectivity index (χ3v) is 3.39. The minimum atomic E-state index is -0.0988. The van der Waals surface area contributed by atoms with Crippen molar-refractivity contribution in [1.29, 1.82) is 0 Å². The highest BCUT2D eigenvalue weighted by molar-refractivity contribution is 5.93. The predicted octanol–water partition coefficient (Wildman–Crippen LogP) is 1.51. The average molecular weight is 293 g/mol. The van der Waals surface area contributed by atoms with Gasteiger partial charge in [0.25, 0.3) is 5.91 Å². The fourth-order valence-corrected chi connectivity index (χ4v) is 2.29. The van der Waals surface area contributed by atoms with Crippen molar-refractivity contribution < 1.29 is 4.79 Å². The van der Waals surface area contributed by atoms with E-state index in [1.165, 1.54) is 0 Å². The number of hydrogen-bond acceptors (Lipinski definition) is 3. The van der Waals surface area contributed by atoms with Crippen LogP contribution in [-0.2, 0) is 0 Å². The molecule has 1 heterocycles. The molecule has 1 aromatic heterocycles. The molecule has 0 atom stereocenters. The number of nitrogens with one attached hydrogen (secondary N) is 1. The third-order valence-electron chi connectivity index (χ3n) is 3.39. The van der Waals surface area contributed by atoms with Crippen molar-refractivity contribution in [3.8, 4) is 5.69 Å². The minimum Gasteiger partial charge on any atom is -0.348 e. The number of aromatic nitrogens is 2. The molecule has 1 amide bonds. The lowest BCUT2D eigenvalue weighted by Gasteiger charge is -2.32. The molecule has 1 saturated carbocycles. The van der Waals surface area contributed by atoms with Crippen LogP contribution in [0.2, 0.25) is 0 Å². The van der Waals surface area contributed by atoms with Gasteiger partial charge >= 0.3 is 0 Å². The fourth-order valence-electron chi connectivity index (χ4n) is 2.29. The van der Waals surface area contributed by atoms with Gasteiger partial charge in [-0.3, -0.25) is 4.79 Å². The van der Waals surface area contributed by atoms with Gasteiger partial charge in [0.2, 0.25) is 0 Å². The Morgan fingerprint density at radius 3 is 2.60 bits per heavy atom. The van der Waals surface area contributed by atoms with Gasteiger partial charge in [0.05, 0.1) is 11.9 Å². The Balaban J connectivity index is 0.00000147. The Kier molecular flexibility index (Phi) is 4.42. The maximum atomic E-state index is 12.2. The van der Waals surface area contributed by atoms with Crippen LogP contribution >= 0.6 is 12.4 Å². The molecule has 0 saturated heterocycles. The highest BCUT2D eigenvalue weighted by Gasteiger charge is 2.28. The summed E-state index contributed by atoms with van der Waals surface area (Å²) in [6, 6.07) is 11.8. The van der Waals surface area contributed by atoms with Crippen LogP contribution in [0.25, 0.3) is 5.69 Å². The van der Waals surface area contributed by atoms with E-state index in [2.05, 4.69) is 10.4 Å². The van der Waals surface area contributed by atoms with E-state index in [-0.39, 0.29) is 30.4 Å². The van der Waals surface area contributed by atoms with Gasteiger partial charge in [0.15, 0.2) is 0 Å². The minimum absolute atomic E-state index is 0. The van der Waals surface area contributed by atoms with Gasteiger partial charge in [-0.05, 0) is 31.0 Å². The van der Waals surface area contributed by atoms with Crippen molar-refractivity contribution in [2.24, 2.45) is 5.73 Å². The molecule has 3 rings (SSSR count). The number of halogens is 1. The normalized spacial score (nSPS) is 20.6. The van der Waals surface area contributed by atoms with E-state index in [0.717, 1.165) is 18.5 Å². The van der Waals surface area contributed by atoms with Crippen molar-refractivity contribution in [2.75, 3.05) is 0 Å². The first-order valence-corrected chi connectivity index (χ1v) is 6.40. The van der Waals surface area contributed by atoms with Crippen LogP contribution in [0, 0.1) is 0 Å². The van der Waals surface area contributed by atoms with Gasteiger partial charge in [-0.1, -0.05) is 18.2 Å². The second-order valence-electron chi connectivity index (χ2n) is 4.87. The quantitative estimate of drug-likeness (QED) is 0.901. The van der Waals surface area contributed by atoms with Crippen LogP contribution in [0.15, 0.2) is 42.6 Å². The molecule has 1 aliphatic carbocycles. The summed E-state index contributed by atoms with van der Waals surface area (Å²) < 4.78 is 1.65. The zero-order valence-electron chi connectivity index (χ0n) is 10.9. The molecule has 1 aliphatic rings. The summed E-state index contributed by atoms with van der Waals surface area (Å²) in [5.41, 5.74) is 7.14.